The van der Waals surface area contributed by atoms with E-state index < -0.39 is 0 Å². The van der Waals surface area contributed by atoms with E-state index in [4.69, 9.17) is 4.42 Å². The Morgan fingerprint density at radius 3 is 2.73 bits per heavy atom. The molecule has 1 aromatic rings. The minimum atomic E-state index is -0.0837. The van der Waals surface area contributed by atoms with Gasteiger partial charge in [0.25, 0.3) is 5.91 Å². The summed E-state index contributed by atoms with van der Waals surface area (Å²) < 4.78 is 5.05. The van der Waals surface area contributed by atoms with Crippen molar-refractivity contribution in [3.8, 4) is 0 Å². The molecule has 1 aliphatic rings. The molecular weight excluding hydrogens is 190 g/mol. The highest BCUT2D eigenvalue weighted by molar-refractivity contribution is 5.91. The Morgan fingerprint density at radius 2 is 2.13 bits per heavy atom. The lowest BCUT2D eigenvalue weighted by molar-refractivity contribution is 0.0895. The average Bonchev–Trinajstić information content (AvgIpc) is 2.74. The molecule has 82 valence electrons. The predicted octanol–water partition coefficient (Wildman–Crippen LogP) is 2.59. The Bertz CT molecular complexity index is 310. The van der Waals surface area contributed by atoms with Crippen molar-refractivity contribution in [2.24, 2.45) is 5.92 Å². The Hall–Kier alpha value is -1.25. The fourth-order valence-electron chi connectivity index (χ4n) is 2.07. The number of rotatable bonds is 2. The average molecular weight is 207 g/mol. The van der Waals surface area contributed by atoms with Gasteiger partial charge in [-0.1, -0.05) is 6.92 Å². The van der Waals surface area contributed by atoms with E-state index in [2.05, 4.69) is 12.2 Å². The lowest BCUT2D eigenvalue weighted by atomic mass is 9.87. The van der Waals surface area contributed by atoms with Crippen LogP contribution in [0.3, 0.4) is 0 Å². The fourth-order valence-corrected chi connectivity index (χ4v) is 2.07. The minimum absolute atomic E-state index is 0.0837. The first-order valence-electron chi connectivity index (χ1n) is 5.60. The molecule has 15 heavy (non-hydrogen) atoms. The molecule has 1 saturated carbocycles. The zero-order valence-electron chi connectivity index (χ0n) is 9.03. The summed E-state index contributed by atoms with van der Waals surface area (Å²) in [4.78, 5) is 11.7. The molecule has 3 heteroatoms. The highest BCUT2D eigenvalue weighted by Crippen LogP contribution is 2.23. The van der Waals surface area contributed by atoms with Crippen LogP contribution in [0.1, 0.15) is 43.2 Å². The molecule has 0 aromatic carbocycles. The Balaban J connectivity index is 1.85. The molecule has 3 nitrogen and oxygen atoms in total. The summed E-state index contributed by atoms with van der Waals surface area (Å²) in [6.07, 6.45) is 6.13. The second kappa shape index (κ2) is 4.51. The summed E-state index contributed by atoms with van der Waals surface area (Å²) in [5.74, 6) is 1.13. The quantitative estimate of drug-likeness (QED) is 0.809. The van der Waals surface area contributed by atoms with Crippen molar-refractivity contribution in [3.05, 3.63) is 24.2 Å². The van der Waals surface area contributed by atoms with Crippen LogP contribution in [0.15, 0.2) is 22.8 Å². The van der Waals surface area contributed by atoms with E-state index in [-0.39, 0.29) is 5.91 Å². The van der Waals surface area contributed by atoms with Gasteiger partial charge < -0.3 is 9.73 Å². The SMILES string of the molecule is C[C@H]1CC[C@H](NC(=O)c2ccco2)CC1. The second-order valence-electron chi connectivity index (χ2n) is 4.41. The summed E-state index contributed by atoms with van der Waals surface area (Å²) >= 11 is 0. The van der Waals surface area contributed by atoms with Gasteiger partial charge in [-0.25, -0.2) is 0 Å². The molecule has 1 aromatic heterocycles. The zero-order chi connectivity index (χ0) is 10.7. The largest absolute Gasteiger partial charge is 0.459 e. The van der Waals surface area contributed by atoms with Crippen molar-refractivity contribution < 1.29 is 9.21 Å². The minimum Gasteiger partial charge on any atom is -0.459 e. The number of furan rings is 1. The standard InChI is InChI=1S/C12H17NO2/c1-9-4-6-10(7-5-9)13-12(14)11-3-2-8-15-11/h2-3,8-10H,4-7H2,1H3,(H,13,14)/t9-,10-. The molecule has 1 aliphatic carbocycles. The maximum Gasteiger partial charge on any atom is 0.287 e. The summed E-state index contributed by atoms with van der Waals surface area (Å²) in [5.41, 5.74) is 0. The third kappa shape index (κ3) is 2.61. The third-order valence-corrected chi connectivity index (χ3v) is 3.10. The van der Waals surface area contributed by atoms with Gasteiger partial charge in [0.15, 0.2) is 5.76 Å². The highest BCUT2D eigenvalue weighted by atomic mass is 16.3. The van der Waals surface area contributed by atoms with E-state index >= 15 is 0 Å². The smallest absolute Gasteiger partial charge is 0.287 e. The molecule has 1 amide bonds. The summed E-state index contributed by atoms with van der Waals surface area (Å²) in [5, 5.41) is 3.01. The molecule has 0 spiro atoms. The molecule has 0 atom stereocenters. The summed E-state index contributed by atoms with van der Waals surface area (Å²) in [6, 6.07) is 3.76. The molecule has 0 saturated heterocycles. The lowest BCUT2D eigenvalue weighted by Gasteiger charge is -2.26. The van der Waals surface area contributed by atoms with Crippen molar-refractivity contribution in [1.82, 2.24) is 5.32 Å². The van der Waals surface area contributed by atoms with Crippen LogP contribution in [-0.2, 0) is 0 Å². The summed E-state index contributed by atoms with van der Waals surface area (Å²) in [6.45, 7) is 2.27. The second-order valence-corrected chi connectivity index (χ2v) is 4.41. The molecule has 2 rings (SSSR count). The van der Waals surface area contributed by atoms with E-state index in [0.717, 1.165) is 18.8 Å². The zero-order valence-corrected chi connectivity index (χ0v) is 9.03. The number of amides is 1. The molecule has 1 N–H and O–H groups in total. The van der Waals surface area contributed by atoms with Gasteiger partial charge in [0.1, 0.15) is 0 Å². The van der Waals surface area contributed by atoms with Crippen molar-refractivity contribution in [2.75, 3.05) is 0 Å². The van der Waals surface area contributed by atoms with E-state index in [9.17, 15) is 4.79 Å². The molecule has 1 fully saturated rings. The monoisotopic (exact) mass is 207 g/mol. The number of hydrogen-bond donors (Lipinski definition) is 1. The van der Waals surface area contributed by atoms with Crippen LogP contribution in [0.5, 0.6) is 0 Å². The van der Waals surface area contributed by atoms with Gasteiger partial charge in [-0.3, -0.25) is 4.79 Å². The van der Waals surface area contributed by atoms with Crippen molar-refractivity contribution in [2.45, 2.75) is 38.6 Å². The van der Waals surface area contributed by atoms with E-state index in [1.54, 1.807) is 12.1 Å². The van der Waals surface area contributed by atoms with Crippen LogP contribution in [0.4, 0.5) is 0 Å². The van der Waals surface area contributed by atoms with E-state index in [1.807, 2.05) is 0 Å². The molecule has 0 unspecified atom stereocenters. The Morgan fingerprint density at radius 1 is 1.40 bits per heavy atom. The van der Waals surface area contributed by atoms with Crippen LogP contribution < -0.4 is 5.32 Å². The molecule has 0 aliphatic heterocycles. The Kier molecular flexibility index (Phi) is 3.09. The van der Waals surface area contributed by atoms with Crippen LogP contribution >= 0.6 is 0 Å². The molecule has 0 radical (unpaired) electrons. The lowest BCUT2D eigenvalue weighted by Crippen LogP contribution is -2.37. The van der Waals surface area contributed by atoms with Gasteiger partial charge in [-0.15, -0.1) is 0 Å². The van der Waals surface area contributed by atoms with Crippen LogP contribution in [-0.4, -0.2) is 11.9 Å². The third-order valence-electron chi connectivity index (χ3n) is 3.10. The van der Waals surface area contributed by atoms with Crippen molar-refractivity contribution in [3.63, 3.8) is 0 Å². The van der Waals surface area contributed by atoms with Crippen LogP contribution in [0, 0.1) is 5.92 Å². The Labute approximate surface area is 89.9 Å². The van der Waals surface area contributed by atoms with Gasteiger partial charge in [0, 0.05) is 6.04 Å². The number of carbonyl (C=O) groups excluding carboxylic acids is 1. The fraction of sp³-hybridized carbons (Fsp3) is 0.583. The van der Waals surface area contributed by atoms with Crippen LogP contribution in [0.25, 0.3) is 0 Å². The topological polar surface area (TPSA) is 42.2 Å². The maximum atomic E-state index is 11.7. The van der Waals surface area contributed by atoms with Gasteiger partial charge in [0.05, 0.1) is 6.26 Å². The first-order valence-corrected chi connectivity index (χ1v) is 5.60. The number of nitrogens with one attached hydrogen (secondary N) is 1. The normalized spacial score (nSPS) is 26.2. The molecular formula is C12H17NO2. The molecule has 0 bridgehead atoms. The van der Waals surface area contributed by atoms with E-state index in [1.165, 1.54) is 19.1 Å². The van der Waals surface area contributed by atoms with Crippen molar-refractivity contribution in [1.29, 1.82) is 0 Å². The number of hydrogen-bond acceptors (Lipinski definition) is 2. The van der Waals surface area contributed by atoms with Crippen LogP contribution in [0.2, 0.25) is 0 Å². The van der Waals surface area contributed by atoms with Gasteiger partial charge in [-0.05, 0) is 43.7 Å². The van der Waals surface area contributed by atoms with E-state index in [0.29, 0.717) is 11.8 Å². The van der Waals surface area contributed by atoms with Crippen molar-refractivity contribution >= 4 is 5.91 Å². The maximum absolute atomic E-state index is 11.7. The predicted molar refractivity (Wildman–Crippen MR) is 57.6 cm³/mol. The number of carbonyl (C=O) groups is 1. The van der Waals surface area contributed by atoms with Gasteiger partial charge in [0.2, 0.25) is 0 Å². The highest BCUT2D eigenvalue weighted by Gasteiger charge is 2.20. The van der Waals surface area contributed by atoms with Gasteiger partial charge >= 0.3 is 0 Å². The van der Waals surface area contributed by atoms with Gasteiger partial charge in [-0.2, -0.15) is 0 Å². The molecule has 1 heterocycles. The first-order chi connectivity index (χ1) is 7.25. The summed E-state index contributed by atoms with van der Waals surface area (Å²) in [7, 11) is 0. The first kappa shape index (κ1) is 10.3.